The van der Waals surface area contributed by atoms with Crippen LogP contribution in [-0.2, 0) is 9.47 Å². The molecule has 7 rings (SSSR count). The number of thiazole rings is 1. The number of carbonyl (C=O) groups excluding carboxylic acids is 2. The third kappa shape index (κ3) is 4.69. The third-order valence-electron chi connectivity index (χ3n) is 8.34. The Morgan fingerprint density at radius 2 is 1.74 bits per heavy atom. The van der Waals surface area contributed by atoms with Gasteiger partial charge in [0.2, 0.25) is 0 Å². The zero-order chi connectivity index (χ0) is 29.1. The highest BCUT2D eigenvalue weighted by Gasteiger charge is 2.45. The van der Waals surface area contributed by atoms with Crippen LogP contribution in [0, 0.1) is 0 Å². The largest absolute Gasteiger partial charge is 0.494 e. The van der Waals surface area contributed by atoms with E-state index in [2.05, 4.69) is 10.1 Å². The molecule has 3 aliphatic rings. The van der Waals surface area contributed by atoms with Gasteiger partial charge in [-0.15, -0.1) is 0 Å². The summed E-state index contributed by atoms with van der Waals surface area (Å²) >= 11 is 14.5. The van der Waals surface area contributed by atoms with Crippen molar-refractivity contribution in [2.75, 3.05) is 19.1 Å². The Labute approximate surface area is 255 Å². The van der Waals surface area contributed by atoms with Crippen molar-refractivity contribution in [2.24, 2.45) is 0 Å². The fourth-order valence-electron chi connectivity index (χ4n) is 6.25. The van der Waals surface area contributed by atoms with Gasteiger partial charge in [-0.05, 0) is 49.9 Å². The Kier molecular flexibility index (Phi) is 7.03. The molecule has 1 unspecified atom stereocenters. The molecule has 12 heteroatoms. The predicted molar refractivity (Wildman–Crippen MR) is 159 cm³/mol. The normalized spacial score (nSPS) is 21.5. The number of hydrogen-bond acceptors (Lipinski definition) is 10. The van der Waals surface area contributed by atoms with Crippen molar-refractivity contribution in [3.63, 3.8) is 0 Å². The smallest absolute Gasteiger partial charge is 0.344 e. The number of ether oxygens (including phenoxy) is 3. The number of rotatable bonds is 7. The number of aromatic nitrogens is 2. The van der Waals surface area contributed by atoms with Crippen LogP contribution in [0.4, 0.5) is 5.13 Å². The van der Waals surface area contributed by atoms with Crippen LogP contribution in [-0.4, -0.2) is 54.5 Å². The summed E-state index contributed by atoms with van der Waals surface area (Å²) in [5.74, 6) is 0.332. The van der Waals surface area contributed by atoms with E-state index in [0.29, 0.717) is 62.3 Å². The first kappa shape index (κ1) is 27.5. The van der Waals surface area contributed by atoms with Gasteiger partial charge in [0, 0.05) is 36.4 Å². The molecule has 1 saturated carbocycles. The summed E-state index contributed by atoms with van der Waals surface area (Å²) in [7, 11) is 2.92. The van der Waals surface area contributed by atoms with Gasteiger partial charge in [-0.2, -0.15) is 0 Å². The lowest BCUT2D eigenvalue weighted by Gasteiger charge is -2.38. The van der Waals surface area contributed by atoms with E-state index in [-0.39, 0.29) is 24.1 Å². The van der Waals surface area contributed by atoms with Gasteiger partial charge in [-0.25, -0.2) is 14.6 Å². The first-order chi connectivity index (χ1) is 20.4. The maximum absolute atomic E-state index is 13.7. The number of halogens is 2. The SMILES string of the molecule is COC(=O)c1cc(OC)c2nc(N3[C@@H]4CC[C@H]3CC(OC(=O)c3c(-c5c(Cl)cccc5Cl)noc3C3CC3)C4)sc2c1. The molecule has 2 aromatic carbocycles. The number of fused-ring (bicyclic) bond motifs is 3. The molecule has 4 heterocycles. The van der Waals surface area contributed by atoms with Crippen LogP contribution in [0.1, 0.15) is 70.9 Å². The van der Waals surface area contributed by atoms with Crippen molar-refractivity contribution in [3.05, 3.63) is 57.3 Å². The van der Waals surface area contributed by atoms with E-state index in [4.69, 9.17) is 46.9 Å². The molecule has 9 nitrogen and oxygen atoms in total. The molecule has 2 saturated heterocycles. The summed E-state index contributed by atoms with van der Waals surface area (Å²) < 4.78 is 23.2. The zero-order valence-electron chi connectivity index (χ0n) is 22.9. The number of hydrogen-bond donors (Lipinski definition) is 0. The van der Waals surface area contributed by atoms with Gasteiger partial charge in [-0.3, -0.25) is 0 Å². The molecule has 2 aliphatic heterocycles. The van der Waals surface area contributed by atoms with E-state index < -0.39 is 11.9 Å². The predicted octanol–water partition coefficient (Wildman–Crippen LogP) is 7.29. The number of esters is 2. The molecule has 4 aromatic rings. The van der Waals surface area contributed by atoms with Gasteiger partial charge in [0.1, 0.15) is 28.6 Å². The molecule has 0 spiro atoms. The van der Waals surface area contributed by atoms with Gasteiger partial charge in [-0.1, -0.05) is 45.8 Å². The minimum Gasteiger partial charge on any atom is -0.494 e. The molecular weight excluding hydrogens is 601 g/mol. The second-order valence-corrected chi connectivity index (χ2v) is 12.8. The maximum atomic E-state index is 13.7. The molecule has 0 amide bonds. The summed E-state index contributed by atoms with van der Waals surface area (Å²) in [4.78, 5) is 33.2. The van der Waals surface area contributed by atoms with E-state index in [1.807, 2.05) is 0 Å². The van der Waals surface area contributed by atoms with Crippen molar-refractivity contribution in [1.82, 2.24) is 10.1 Å². The monoisotopic (exact) mass is 627 g/mol. The topological polar surface area (TPSA) is 104 Å². The number of methoxy groups -OCH3 is 2. The highest BCUT2D eigenvalue weighted by atomic mass is 35.5. The van der Waals surface area contributed by atoms with Crippen molar-refractivity contribution < 1.29 is 28.3 Å². The molecule has 3 fully saturated rings. The lowest BCUT2D eigenvalue weighted by Crippen LogP contribution is -2.46. The molecule has 42 heavy (non-hydrogen) atoms. The average Bonchev–Trinajstić information content (AvgIpc) is 3.48. The molecule has 3 atom stereocenters. The number of anilines is 1. The van der Waals surface area contributed by atoms with Gasteiger partial charge < -0.3 is 23.6 Å². The lowest BCUT2D eigenvalue weighted by atomic mass is 9.99. The molecule has 2 bridgehead atoms. The molecular formula is C30H27Cl2N3O6S. The first-order valence-corrected chi connectivity index (χ1v) is 15.4. The van der Waals surface area contributed by atoms with E-state index in [1.165, 1.54) is 18.4 Å². The average molecular weight is 629 g/mol. The summed E-state index contributed by atoms with van der Waals surface area (Å²) in [6, 6.07) is 8.95. The van der Waals surface area contributed by atoms with Crippen LogP contribution in [0.25, 0.3) is 21.5 Å². The number of piperidine rings is 1. The number of benzene rings is 2. The summed E-state index contributed by atoms with van der Waals surface area (Å²) in [6.07, 6.45) is 4.89. The van der Waals surface area contributed by atoms with E-state index in [0.717, 1.165) is 35.5 Å². The molecule has 0 N–H and O–H groups in total. The van der Waals surface area contributed by atoms with E-state index >= 15 is 0 Å². The quantitative estimate of drug-likeness (QED) is 0.195. The highest BCUT2D eigenvalue weighted by Crippen LogP contribution is 2.48. The fraction of sp³-hybridized carbons (Fsp3) is 0.400. The lowest BCUT2D eigenvalue weighted by molar-refractivity contribution is 0.0202. The Bertz CT molecular complexity index is 1680. The molecule has 218 valence electrons. The Balaban J connectivity index is 1.14. The van der Waals surface area contributed by atoms with Crippen LogP contribution in [0.2, 0.25) is 10.0 Å². The van der Waals surface area contributed by atoms with Crippen molar-refractivity contribution in [2.45, 2.75) is 62.6 Å². The van der Waals surface area contributed by atoms with Crippen molar-refractivity contribution in [3.8, 4) is 17.0 Å². The van der Waals surface area contributed by atoms with Crippen LogP contribution in [0.15, 0.2) is 34.9 Å². The van der Waals surface area contributed by atoms with Crippen molar-refractivity contribution >= 4 is 61.8 Å². The Hall–Kier alpha value is -3.34. The van der Waals surface area contributed by atoms with Crippen LogP contribution >= 0.6 is 34.5 Å². The number of carbonyl (C=O) groups is 2. The van der Waals surface area contributed by atoms with Crippen LogP contribution < -0.4 is 9.64 Å². The summed E-state index contributed by atoms with van der Waals surface area (Å²) in [5.41, 5.74) is 2.25. The zero-order valence-corrected chi connectivity index (χ0v) is 25.2. The molecule has 0 radical (unpaired) electrons. The van der Waals surface area contributed by atoms with Crippen LogP contribution in [0.5, 0.6) is 5.75 Å². The minimum atomic E-state index is -0.456. The summed E-state index contributed by atoms with van der Waals surface area (Å²) in [5, 5.41) is 5.89. The van der Waals surface area contributed by atoms with Crippen LogP contribution in [0.3, 0.4) is 0 Å². The minimum absolute atomic E-state index is 0.142. The molecule has 1 aliphatic carbocycles. The van der Waals surface area contributed by atoms with E-state index in [1.54, 1.807) is 37.4 Å². The fourth-order valence-corrected chi connectivity index (χ4v) is 8.00. The molecule has 2 aromatic heterocycles. The van der Waals surface area contributed by atoms with Gasteiger partial charge in [0.05, 0.1) is 34.5 Å². The Morgan fingerprint density at radius 1 is 1.02 bits per heavy atom. The highest BCUT2D eigenvalue weighted by molar-refractivity contribution is 7.22. The standard InChI is InChI=1S/C30H27Cl2N3O6S/c1-38-21-10-15(28(36)39-2)11-22-25(21)33-30(42-22)35-16-8-9-17(35)13-18(12-16)40-29(37)24-26(34-41-27(24)14-6-7-14)23-19(31)4-3-5-20(23)32/h3-5,10-11,14,16-18H,6-9,12-13H2,1-2H3/t16-,17+,18?. The summed E-state index contributed by atoms with van der Waals surface area (Å²) in [6.45, 7) is 0. The number of nitrogens with zero attached hydrogens (tertiary/aromatic N) is 3. The second kappa shape index (κ2) is 10.7. The maximum Gasteiger partial charge on any atom is 0.344 e. The van der Waals surface area contributed by atoms with Gasteiger partial charge in [0.25, 0.3) is 0 Å². The first-order valence-electron chi connectivity index (χ1n) is 13.9. The van der Waals surface area contributed by atoms with E-state index in [9.17, 15) is 9.59 Å². The van der Waals surface area contributed by atoms with Gasteiger partial charge >= 0.3 is 11.9 Å². The van der Waals surface area contributed by atoms with Gasteiger partial charge in [0.15, 0.2) is 10.9 Å². The van der Waals surface area contributed by atoms with Crippen molar-refractivity contribution in [1.29, 1.82) is 0 Å². The second-order valence-electron chi connectivity index (χ2n) is 10.9. The Morgan fingerprint density at radius 3 is 2.38 bits per heavy atom. The third-order valence-corrected chi connectivity index (χ3v) is 9.99.